The fourth-order valence-electron chi connectivity index (χ4n) is 1.54. The Bertz CT molecular complexity index is 594. The summed E-state index contributed by atoms with van der Waals surface area (Å²) in [5.41, 5.74) is -1.10. The summed E-state index contributed by atoms with van der Waals surface area (Å²) < 4.78 is 52.2. The van der Waals surface area contributed by atoms with Crippen molar-refractivity contribution < 1.29 is 17.6 Å². The second-order valence-electron chi connectivity index (χ2n) is 3.73. The molecule has 1 atom stereocenters. The highest BCUT2D eigenvalue weighted by Crippen LogP contribution is 2.40. The highest BCUT2D eigenvalue weighted by Gasteiger charge is 2.32. The highest BCUT2D eigenvalue weighted by molar-refractivity contribution is 9.10. The summed E-state index contributed by atoms with van der Waals surface area (Å²) >= 11 is 10.6. The van der Waals surface area contributed by atoms with Crippen LogP contribution in [0.2, 0.25) is 0 Å². The van der Waals surface area contributed by atoms with Gasteiger partial charge in [0.25, 0.3) is 0 Å². The Morgan fingerprint density at radius 3 is 2.42 bits per heavy atom. The Kier molecular flexibility index (Phi) is 4.23. The third kappa shape index (κ3) is 3.12. The Balaban J connectivity index is 2.47. The van der Waals surface area contributed by atoms with Crippen LogP contribution < -0.4 is 0 Å². The van der Waals surface area contributed by atoms with Crippen LogP contribution in [0, 0.1) is 5.82 Å². The lowest BCUT2D eigenvalue weighted by Gasteiger charge is -2.13. The molecule has 2 rings (SSSR count). The van der Waals surface area contributed by atoms with Gasteiger partial charge in [-0.1, -0.05) is 0 Å². The number of thiophene rings is 1. The molecule has 0 saturated carbocycles. The molecule has 0 N–H and O–H groups in total. The third-order valence-corrected chi connectivity index (χ3v) is 4.99. The van der Waals surface area contributed by atoms with Gasteiger partial charge in [-0.05, 0) is 45.6 Å². The molecule has 1 heterocycles. The smallest absolute Gasteiger partial charge is 0.207 e. The van der Waals surface area contributed by atoms with Crippen LogP contribution in [0.4, 0.5) is 17.6 Å². The fraction of sp³-hybridized carbons (Fsp3) is 0.167. The van der Waals surface area contributed by atoms with Gasteiger partial charge in [0.2, 0.25) is 0 Å². The predicted molar refractivity (Wildman–Crippen MR) is 71.1 cm³/mol. The molecule has 0 spiro atoms. The first-order chi connectivity index (χ1) is 8.80. The van der Waals surface area contributed by atoms with Gasteiger partial charge in [-0.2, -0.15) is 13.2 Å². The van der Waals surface area contributed by atoms with E-state index in [0.29, 0.717) is 15.4 Å². The van der Waals surface area contributed by atoms with Gasteiger partial charge < -0.3 is 0 Å². The first-order valence-corrected chi connectivity index (χ1v) is 7.15. The summed E-state index contributed by atoms with van der Waals surface area (Å²) in [6.07, 6.45) is -4.52. The molecule has 0 amide bonds. The number of rotatable bonds is 2. The van der Waals surface area contributed by atoms with Crippen molar-refractivity contribution in [1.29, 1.82) is 0 Å². The summed E-state index contributed by atoms with van der Waals surface area (Å²) in [4.78, 5) is 0.569. The van der Waals surface area contributed by atoms with Crippen molar-refractivity contribution in [3.8, 4) is 0 Å². The zero-order valence-electron chi connectivity index (χ0n) is 9.14. The Hall–Kier alpha value is -0.590. The first-order valence-electron chi connectivity index (χ1n) is 5.04. The van der Waals surface area contributed by atoms with E-state index < -0.39 is 22.9 Å². The zero-order valence-corrected chi connectivity index (χ0v) is 12.3. The molecule has 0 saturated heterocycles. The van der Waals surface area contributed by atoms with Gasteiger partial charge in [0.1, 0.15) is 5.82 Å². The van der Waals surface area contributed by atoms with Crippen LogP contribution in [0.1, 0.15) is 21.4 Å². The molecule has 0 aliphatic rings. The van der Waals surface area contributed by atoms with E-state index in [1.54, 1.807) is 11.4 Å². The third-order valence-electron chi connectivity index (χ3n) is 2.47. The van der Waals surface area contributed by atoms with Crippen molar-refractivity contribution in [3.05, 3.63) is 55.9 Å². The molecule has 1 aromatic carbocycles. The van der Waals surface area contributed by atoms with Crippen molar-refractivity contribution in [2.45, 2.75) is 11.6 Å². The molecule has 0 nitrogen and oxygen atoms in total. The maximum atomic E-state index is 13.7. The molecular formula is C12H6BrClF4S. The van der Waals surface area contributed by atoms with Gasteiger partial charge in [-0.25, -0.2) is 4.39 Å². The number of benzene rings is 1. The Morgan fingerprint density at radius 2 is 1.89 bits per heavy atom. The summed E-state index contributed by atoms with van der Waals surface area (Å²) in [6.45, 7) is 0. The number of halogens is 6. The SMILES string of the molecule is Fc1ccc(C(F)(F)F)cc1C(Cl)c1sccc1Br. The normalized spacial score (nSPS) is 13.6. The minimum atomic E-state index is -4.52. The molecule has 102 valence electrons. The summed E-state index contributed by atoms with van der Waals surface area (Å²) in [7, 11) is 0. The second-order valence-corrected chi connectivity index (χ2v) is 5.97. The molecular weight excluding hydrogens is 368 g/mol. The number of hydrogen-bond acceptors (Lipinski definition) is 1. The molecule has 19 heavy (non-hydrogen) atoms. The van der Waals surface area contributed by atoms with Crippen LogP contribution >= 0.6 is 38.9 Å². The highest BCUT2D eigenvalue weighted by atomic mass is 79.9. The van der Waals surface area contributed by atoms with E-state index in [1.807, 2.05) is 0 Å². The first kappa shape index (κ1) is 14.8. The standard InChI is InChI=1S/C12H6BrClF4S/c13-8-3-4-19-11(8)10(14)7-5-6(12(16,17)18)1-2-9(7)15/h1-5,10H. The van der Waals surface area contributed by atoms with Crippen LogP contribution in [0.15, 0.2) is 34.1 Å². The zero-order chi connectivity index (χ0) is 14.2. The van der Waals surface area contributed by atoms with Crippen molar-refractivity contribution in [1.82, 2.24) is 0 Å². The molecule has 7 heteroatoms. The minimum Gasteiger partial charge on any atom is -0.207 e. The minimum absolute atomic E-state index is 0.181. The van der Waals surface area contributed by atoms with Crippen LogP contribution in [0.25, 0.3) is 0 Å². The van der Waals surface area contributed by atoms with Crippen LogP contribution in [-0.4, -0.2) is 0 Å². The van der Waals surface area contributed by atoms with E-state index >= 15 is 0 Å². The summed E-state index contributed by atoms with van der Waals surface area (Å²) in [5.74, 6) is -0.756. The summed E-state index contributed by atoms with van der Waals surface area (Å²) in [5, 5.41) is 0.761. The Morgan fingerprint density at radius 1 is 1.21 bits per heavy atom. The van der Waals surface area contributed by atoms with E-state index in [1.165, 1.54) is 11.3 Å². The van der Waals surface area contributed by atoms with Crippen molar-refractivity contribution in [3.63, 3.8) is 0 Å². The van der Waals surface area contributed by atoms with Crippen LogP contribution in [-0.2, 0) is 6.18 Å². The maximum Gasteiger partial charge on any atom is 0.416 e. The van der Waals surface area contributed by atoms with E-state index in [9.17, 15) is 17.6 Å². The van der Waals surface area contributed by atoms with E-state index in [-0.39, 0.29) is 5.56 Å². The second kappa shape index (κ2) is 5.42. The molecule has 0 radical (unpaired) electrons. The average molecular weight is 374 g/mol. The molecule has 0 aliphatic carbocycles. The molecule has 1 aromatic heterocycles. The summed E-state index contributed by atoms with van der Waals surface area (Å²) in [6, 6.07) is 3.95. The van der Waals surface area contributed by atoms with Gasteiger partial charge in [0.15, 0.2) is 0 Å². The molecule has 0 aliphatic heterocycles. The van der Waals surface area contributed by atoms with Crippen molar-refractivity contribution >= 4 is 38.9 Å². The molecule has 0 bridgehead atoms. The predicted octanol–water partition coefficient (Wildman–Crippen LogP) is 6.00. The molecule has 2 aromatic rings. The quantitative estimate of drug-likeness (QED) is 0.447. The Labute approximate surface area is 124 Å². The van der Waals surface area contributed by atoms with Crippen LogP contribution in [0.3, 0.4) is 0 Å². The lowest BCUT2D eigenvalue weighted by atomic mass is 10.1. The van der Waals surface area contributed by atoms with E-state index in [2.05, 4.69) is 15.9 Å². The molecule has 0 fully saturated rings. The van der Waals surface area contributed by atoms with E-state index in [0.717, 1.165) is 12.1 Å². The van der Waals surface area contributed by atoms with Crippen molar-refractivity contribution in [2.24, 2.45) is 0 Å². The lowest BCUT2D eigenvalue weighted by molar-refractivity contribution is -0.137. The number of hydrogen-bond donors (Lipinski definition) is 0. The maximum absolute atomic E-state index is 13.7. The van der Waals surface area contributed by atoms with Gasteiger partial charge >= 0.3 is 6.18 Å². The van der Waals surface area contributed by atoms with Crippen LogP contribution in [0.5, 0.6) is 0 Å². The van der Waals surface area contributed by atoms with Crippen molar-refractivity contribution in [2.75, 3.05) is 0 Å². The average Bonchev–Trinajstić information content (AvgIpc) is 2.73. The van der Waals surface area contributed by atoms with Gasteiger partial charge in [0, 0.05) is 14.9 Å². The number of alkyl halides is 4. The monoisotopic (exact) mass is 372 g/mol. The van der Waals surface area contributed by atoms with Gasteiger partial charge in [-0.15, -0.1) is 22.9 Å². The molecule has 1 unspecified atom stereocenters. The largest absolute Gasteiger partial charge is 0.416 e. The van der Waals surface area contributed by atoms with Gasteiger partial charge in [-0.3, -0.25) is 0 Å². The van der Waals surface area contributed by atoms with Gasteiger partial charge in [0.05, 0.1) is 10.9 Å². The van der Waals surface area contributed by atoms with E-state index in [4.69, 9.17) is 11.6 Å². The topological polar surface area (TPSA) is 0 Å². The lowest BCUT2D eigenvalue weighted by Crippen LogP contribution is -2.07. The fourth-order valence-corrected chi connectivity index (χ4v) is 3.71.